The Morgan fingerprint density at radius 3 is 2.63 bits per heavy atom. The summed E-state index contributed by atoms with van der Waals surface area (Å²) in [6, 6.07) is 11.7. The van der Waals surface area contributed by atoms with Crippen LogP contribution in [0.5, 0.6) is 0 Å². The van der Waals surface area contributed by atoms with Crippen LogP contribution in [0.15, 0.2) is 58.4 Å². The van der Waals surface area contributed by atoms with Crippen molar-refractivity contribution in [2.75, 3.05) is 11.9 Å². The van der Waals surface area contributed by atoms with Gasteiger partial charge in [-0.1, -0.05) is 45.7 Å². The highest BCUT2D eigenvalue weighted by molar-refractivity contribution is 9.10. The Morgan fingerprint density at radius 1 is 1.23 bits per heavy atom. The molecule has 0 saturated carbocycles. The first-order chi connectivity index (χ1) is 14.4. The molecule has 0 aliphatic carbocycles. The SMILES string of the molecule is CCOC(=O)c1c(-c2ccc(Br)cc2)csc1NC(=O)/C=C\c1c(F)cccc1Cl. The summed E-state index contributed by atoms with van der Waals surface area (Å²) in [5, 5.41) is 5.00. The number of hydrogen-bond acceptors (Lipinski definition) is 4. The lowest BCUT2D eigenvalue weighted by Gasteiger charge is -2.08. The number of ether oxygens (including phenoxy) is 1. The summed E-state index contributed by atoms with van der Waals surface area (Å²) in [5.41, 5.74) is 1.85. The Hall–Kier alpha value is -2.48. The first-order valence-electron chi connectivity index (χ1n) is 8.88. The van der Waals surface area contributed by atoms with Crippen LogP contribution < -0.4 is 5.32 Å². The van der Waals surface area contributed by atoms with Crippen LogP contribution in [0.4, 0.5) is 9.39 Å². The Labute approximate surface area is 190 Å². The topological polar surface area (TPSA) is 55.4 Å². The van der Waals surface area contributed by atoms with Crippen LogP contribution in [0.2, 0.25) is 5.02 Å². The Balaban J connectivity index is 1.90. The molecule has 8 heteroatoms. The molecule has 0 radical (unpaired) electrons. The van der Waals surface area contributed by atoms with Crippen molar-refractivity contribution in [1.29, 1.82) is 0 Å². The van der Waals surface area contributed by atoms with Crippen LogP contribution >= 0.6 is 38.9 Å². The molecule has 0 unspecified atom stereocenters. The van der Waals surface area contributed by atoms with Gasteiger partial charge >= 0.3 is 5.97 Å². The number of thiophene rings is 1. The maximum absolute atomic E-state index is 13.9. The number of nitrogens with one attached hydrogen (secondary N) is 1. The van der Waals surface area contributed by atoms with Gasteiger partial charge < -0.3 is 10.1 Å². The fourth-order valence-electron chi connectivity index (χ4n) is 2.68. The second-order valence-corrected chi connectivity index (χ2v) is 8.24. The molecule has 0 saturated heterocycles. The molecule has 1 aromatic heterocycles. The maximum atomic E-state index is 13.9. The molecular weight excluding hydrogens is 493 g/mol. The van der Waals surface area contributed by atoms with Gasteiger partial charge in [0, 0.05) is 27.1 Å². The smallest absolute Gasteiger partial charge is 0.341 e. The maximum Gasteiger partial charge on any atom is 0.341 e. The van der Waals surface area contributed by atoms with Gasteiger partial charge in [-0.3, -0.25) is 4.79 Å². The van der Waals surface area contributed by atoms with Crippen LogP contribution in [0.25, 0.3) is 17.2 Å². The molecule has 0 spiro atoms. The highest BCUT2D eigenvalue weighted by Crippen LogP contribution is 2.36. The minimum Gasteiger partial charge on any atom is -0.462 e. The van der Waals surface area contributed by atoms with Crippen LogP contribution in [0, 0.1) is 5.82 Å². The van der Waals surface area contributed by atoms with Gasteiger partial charge in [0.05, 0.1) is 11.6 Å². The zero-order valence-electron chi connectivity index (χ0n) is 15.7. The van der Waals surface area contributed by atoms with Gasteiger partial charge in [0.25, 0.3) is 0 Å². The van der Waals surface area contributed by atoms with E-state index in [9.17, 15) is 14.0 Å². The Kier molecular flexibility index (Phi) is 7.42. The summed E-state index contributed by atoms with van der Waals surface area (Å²) in [5.74, 6) is -1.59. The zero-order valence-corrected chi connectivity index (χ0v) is 18.9. The van der Waals surface area contributed by atoms with Gasteiger partial charge in [0.2, 0.25) is 5.91 Å². The van der Waals surface area contributed by atoms with E-state index in [1.54, 1.807) is 12.3 Å². The van der Waals surface area contributed by atoms with E-state index in [0.29, 0.717) is 10.6 Å². The summed E-state index contributed by atoms with van der Waals surface area (Å²) < 4.78 is 20.0. The minimum atomic E-state index is -0.535. The number of esters is 1. The standard InChI is InChI=1S/C22H16BrClFNO3S/c1-2-29-22(28)20-16(13-6-8-14(23)9-7-13)12-30-21(20)26-19(27)11-10-15-17(24)4-3-5-18(15)25/h3-12H,2H2,1H3,(H,26,27)/b11-10-. The molecule has 0 atom stereocenters. The average molecular weight is 509 g/mol. The van der Waals surface area contributed by atoms with Crippen molar-refractivity contribution in [3.8, 4) is 11.1 Å². The average Bonchev–Trinajstić information content (AvgIpc) is 3.12. The van der Waals surface area contributed by atoms with Gasteiger partial charge in [-0.15, -0.1) is 11.3 Å². The number of anilines is 1. The molecule has 3 rings (SSSR count). The van der Waals surface area contributed by atoms with E-state index >= 15 is 0 Å². The molecular formula is C22H16BrClFNO3S. The van der Waals surface area contributed by atoms with Crippen molar-refractivity contribution in [1.82, 2.24) is 0 Å². The number of carbonyl (C=O) groups is 2. The van der Waals surface area contributed by atoms with Crippen molar-refractivity contribution in [2.24, 2.45) is 0 Å². The summed E-state index contributed by atoms with van der Waals surface area (Å²) in [4.78, 5) is 25.0. The third-order valence-corrected chi connectivity index (χ3v) is 5.82. The van der Waals surface area contributed by atoms with Gasteiger partial charge in [0.15, 0.2) is 0 Å². The lowest BCUT2D eigenvalue weighted by Crippen LogP contribution is -2.12. The summed E-state index contributed by atoms with van der Waals surface area (Å²) >= 11 is 10.6. The summed E-state index contributed by atoms with van der Waals surface area (Å²) in [7, 11) is 0. The number of benzene rings is 2. The lowest BCUT2D eigenvalue weighted by atomic mass is 10.0. The fourth-order valence-corrected chi connectivity index (χ4v) is 4.13. The molecule has 3 aromatic rings. The van der Waals surface area contributed by atoms with E-state index in [4.69, 9.17) is 16.3 Å². The summed E-state index contributed by atoms with van der Waals surface area (Å²) in [6.07, 6.45) is 2.46. The molecule has 154 valence electrons. The monoisotopic (exact) mass is 507 g/mol. The Bertz CT molecular complexity index is 1090. The van der Waals surface area contributed by atoms with Gasteiger partial charge in [0.1, 0.15) is 16.4 Å². The molecule has 1 heterocycles. The van der Waals surface area contributed by atoms with Crippen molar-refractivity contribution in [3.05, 3.63) is 80.4 Å². The fraction of sp³-hybridized carbons (Fsp3) is 0.0909. The lowest BCUT2D eigenvalue weighted by molar-refractivity contribution is -0.111. The molecule has 0 bridgehead atoms. The number of amides is 1. The van der Waals surface area contributed by atoms with E-state index in [0.717, 1.165) is 16.1 Å². The molecule has 2 aromatic carbocycles. The van der Waals surface area contributed by atoms with Gasteiger partial charge in [-0.25, -0.2) is 9.18 Å². The molecule has 30 heavy (non-hydrogen) atoms. The van der Waals surface area contributed by atoms with Crippen LogP contribution in [-0.4, -0.2) is 18.5 Å². The number of hydrogen-bond donors (Lipinski definition) is 1. The van der Waals surface area contributed by atoms with Gasteiger partial charge in [-0.05, 0) is 42.8 Å². The van der Waals surface area contributed by atoms with E-state index in [1.807, 2.05) is 24.3 Å². The quantitative estimate of drug-likeness (QED) is 0.294. The van der Waals surface area contributed by atoms with E-state index in [1.165, 1.54) is 35.6 Å². The molecule has 1 amide bonds. The minimum absolute atomic E-state index is 0.113. The highest BCUT2D eigenvalue weighted by atomic mass is 79.9. The highest BCUT2D eigenvalue weighted by Gasteiger charge is 2.22. The third-order valence-electron chi connectivity index (χ3n) is 4.06. The predicted molar refractivity (Wildman–Crippen MR) is 122 cm³/mol. The van der Waals surface area contributed by atoms with E-state index in [2.05, 4.69) is 21.2 Å². The third kappa shape index (κ3) is 5.16. The molecule has 0 fully saturated rings. The van der Waals surface area contributed by atoms with Crippen molar-refractivity contribution in [3.63, 3.8) is 0 Å². The molecule has 1 N–H and O–H groups in total. The van der Waals surface area contributed by atoms with Crippen LogP contribution in [0.3, 0.4) is 0 Å². The van der Waals surface area contributed by atoms with Crippen molar-refractivity contribution in [2.45, 2.75) is 6.92 Å². The molecule has 4 nitrogen and oxygen atoms in total. The van der Waals surface area contributed by atoms with E-state index in [-0.39, 0.29) is 22.8 Å². The molecule has 0 aliphatic heterocycles. The predicted octanol–water partition coefficient (Wildman–Crippen LogP) is 6.80. The normalized spacial score (nSPS) is 10.9. The number of halogens is 3. The second kappa shape index (κ2) is 10.0. The number of rotatable bonds is 6. The summed E-state index contributed by atoms with van der Waals surface area (Å²) in [6.45, 7) is 1.91. The number of carbonyl (C=O) groups excluding carboxylic acids is 2. The van der Waals surface area contributed by atoms with Crippen molar-refractivity contribution >= 4 is 61.8 Å². The van der Waals surface area contributed by atoms with Crippen LogP contribution in [0.1, 0.15) is 22.8 Å². The first kappa shape index (κ1) is 22.2. The van der Waals surface area contributed by atoms with Crippen molar-refractivity contribution < 1.29 is 18.7 Å². The Morgan fingerprint density at radius 2 is 1.97 bits per heavy atom. The first-order valence-corrected chi connectivity index (χ1v) is 10.9. The van der Waals surface area contributed by atoms with Gasteiger partial charge in [-0.2, -0.15) is 0 Å². The molecule has 0 aliphatic rings. The zero-order chi connectivity index (χ0) is 21.7. The van der Waals surface area contributed by atoms with E-state index < -0.39 is 17.7 Å². The van der Waals surface area contributed by atoms with Crippen LogP contribution in [-0.2, 0) is 9.53 Å². The second-order valence-electron chi connectivity index (χ2n) is 6.04. The largest absolute Gasteiger partial charge is 0.462 e.